The maximum absolute atomic E-state index is 13.6. The van der Waals surface area contributed by atoms with Gasteiger partial charge in [-0.2, -0.15) is 0 Å². The number of imide groups is 2. The highest BCUT2D eigenvalue weighted by Gasteiger charge is 2.37. The lowest BCUT2D eigenvalue weighted by atomic mass is 10.1. The lowest BCUT2D eigenvalue weighted by Gasteiger charge is -2.26. The molecule has 156 valence electrons. The number of methoxy groups -OCH3 is 1. The number of halogens is 1. The monoisotopic (exact) mass is 421 g/mol. The molecule has 4 amide bonds. The number of barbiturate groups is 1. The van der Waals surface area contributed by atoms with Crippen LogP contribution in [0.4, 0.5) is 14.9 Å². The molecule has 1 saturated heterocycles. The predicted octanol–water partition coefficient (Wildman–Crippen LogP) is 2.62. The van der Waals surface area contributed by atoms with Crippen LogP contribution in [-0.2, 0) is 25.7 Å². The quantitative estimate of drug-likeness (QED) is 0.397. The zero-order valence-electron chi connectivity index (χ0n) is 16.3. The molecule has 0 unspecified atom stereocenters. The van der Waals surface area contributed by atoms with Gasteiger partial charge in [-0.1, -0.05) is 24.3 Å². The van der Waals surface area contributed by atoms with Crippen LogP contribution in [-0.4, -0.2) is 35.5 Å². The summed E-state index contributed by atoms with van der Waals surface area (Å²) in [5.41, 5.74) is 0.881. The Kier molecular flexibility index (Phi) is 5.08. The van der Waals surface area contributed by atoms with E-state index in [1.54, 1.807) is 35.0 Å². The number of carbonyl (C=O) groups excluding carboxylic acids is 4. The molecule has 0 spiro atoms. The number of urea groups is 1. The van der Waals surface area contributed by atoms with Gasteiger partial charge in [-0.3, -0.25) is 19.7 Å². The Morgan fingerprint density at radius 1 is 1.13 bits per heavy atom. The van der Waals surface area contributed by atoms with Crippen molar-refractivity contribution in [1.82, 2.24) is 9.88 Å². The fourth-order valence-corrected chi connectivity index (χ4v) is 3.39. The Balaban J connectivity index is 1.79. The highest BCUT2D eigenvalue weighted by atomic mass is 19.1. The van der Waals surface area contributed by atoms with Crippen molar-refractivity contribution in [3.05, 3.63) is 71.7 Å². The van der Waals surface area contributed by atoms with Crippen LogP contribution >= 0.6 is 0 Å². The summed E-state index contributed by atoms with van der Waals surface area (Å²) in [6.07, 6.45) is 2.95. The number of carbonyl (C=O) groups is 4. The average molecular weight is 421 g/mol. The van der Waals surface area contributed by atoms with Crippen molar-refractivity contribution < 1.29 is 28.3 Å². The molecule has 0 bridgehead atoms. The number of hydrogen-bond acceptors (Lipinski definition) is 5. The van der Waals surface area contributed by atoms with Gasteiger partial charge in [0.05, 0.1) is 12.8 Å². The Morgan fingerprint density at radius 2 is 1.90 bits per heavy atom. The molecule has 8 nitrogen and oxygen atoms in total. The van der Waals surface area contributed by atoms with Crippen LogP contribution in [0.5, 0.6) is 0 Å². The fourth-order valence-electron chi connectivity index (χ4n) is 3.39. The third-order valence-electron chi connectivity index (χ3n) is 4.81. The number of benzene rings is 2. The van der Waals surface area contributed by atoms with Gasteiger partial charge in [0.25, 0.3) is 11.8 Å². The Labute approximate surface area is 175 Å². The van der Waals surface area contributed by atoms with Gasteiger partial charge >= 0.3 is 12.0 Å². The first kappa shape index (κ1) is 20.0. The number of hydrogen-bond donors (Lipinski definition) is 1. The molecule has 0 radical (unpaired) electrons. The summed E-state index contributed by atoms with van der Waals surface area (Å²) in [6, 6.07) is 11.1. The second kappa shape index (κ2) is 7.86. The molecule has 2 aromatic carbocycles. The maximum Gasteiger partial charge on any atom is 0.335 e. The summed E-state index contributed by atoms with van der Waals surface area (Å²) in [6.45, 7) is -0.0613. The van der Waals surface area contributed by atoms with Crippen molar-refractivity contribution in [2.24, 2.45) is 0 Å². The minimum atomic E-state index is -0.967. The van der Waals surface area contributed by atoms with E-state index in [0.29, 0.717) is 21.4 Å². The van der Waals surface area contributed by atoms with Crippen molar-refractivity contribution in [2.45, 2.75) is 6.54 Å². The van der Waals surface area contributed by atoms with Gasteiger partial charge in [0, 0.05) is 22.7 Å². The summed E-state index contributed by atoms with van der Waals surface area (Å²) >= 11 is 0. The molecule has 9 heteroatoms. The van der Waals surface area contributed by atoms with E-state index in [2.05, 4.69) is 5.32 Å². The number of amides is 4. The molecule has 31 heavy (non-hydrogen) atoms. The summed E-state index contributed by atoms with van der Waals surface area (Å²) < 4.78 is 20.0. The van der Waals surface area contributed by atoms with Crippen molar-refractivity contribution >= 4 is 46.5 Å². The molecular formula is C22H16FN3O5. The molecule has 4 rings (SSSR count). The predicted molar refractivity (Wildman–Crippen MR) is 109 cm³/mol. The van der Waals surface area contributed by atoms with Crippen LogP contribution < -0.4 is 10.2 Å². The minimum Gasteiger partial charge on any atom is -0.468 e. The first-order chi connectivity index (χ1) is 14.9. The molecule has 1 aromatic heterocycles. The number of esters is 1. The molecule has 1 fully saturated rings. The summed E-state index contributed by atoms with van der Waals surface area (Å²) in [5.74, 6) is -2.85. The van der Waals surface area contributed by atoms with Crippen LogP contribution in [0.15, 0.2) is 60.3 Å². The average Bonchev–Trinajstić information content (AvgIpc) is 3.08. The van der Waals surface area contributed by atoms with Gasteiger partial charge in [0.15, 0.2) is 0 Å². The number of aromatic nitrogens is 1. The Morgan fingerprint density at radius 3 is 2.65 bits per heavy atom. The molecular weight excluding hydrogens is 405 g/mol. The van der Waals surface area contributed by atoms with Crippen LogP contribution in [0.1, 0.15) is 5.56 Å². The lowest BCUT2D eigenvalue weighted by molar-refractivity contribution is -0.141. The molecule has 0 aliphatic carbocycles. The smallest absolute Gasteiger partial charge is 0.335 e. The first-order valence-electron chi connectivity index (χ1n) is 9.21. The van der Waals surface area contributed by atoms with Gasteiger partial charge in [-0.15, -0.1) is 0 Å². The molecule has 1 N–H and O–H groups in total. The molecule has 2 heterocycles. The zero-order chi connectivity index (χ0) is 22.1. The van der Waals surface area contributed by atoms with E-state index >= 15 is 0 Å². The van der Waals surface area contributed by atoms with E-state index in [0.717, 1.165) is 6.07 Å². The highest BCUT2D eigenvalue weighted by molar-refractivity contribution is 6.39. The van der Waals surface area contributed by atoms with Gasteiger partial charge in [0.2, 0.25) is 0 Å². The molecule has 1 aliphatic heterocycles. The van der Waals surface area contributed by atoms with Crippen molar-refractivity contribution in [1.29, 1.82) is 0 Å². The van der Waals surface area contributed by atoms with Crippen molar-refractivity contribution in [2.75, 3.05) is 12.0 Å². The molecule has 0 atom stereocenters. The van der Waals surface area contributed by atoms with E-state index < -0.39 is 29.6 Å². The normalized spacial score (nSPS) is 15.5. The summed E-state index contributed by atoms with van der Waals surface area (Å²) in [5, 5.41) is 2.79. The Bertz CT molecular complexity index is 1280. The first-order valence-corrected chi connectivity index (χ1v) is 9.21. The number of para-hydroxylation sites is 1. The number of nitrogens with one attached hydrogen (secondary N) is 1. The van der Waals surface area contributed by atoms with Crippen molar-refractivity contribution in [3.63, 3.8) is 0 Å². The number of ether oxygens (including phenoxy) is 1. The SMILES string of the molecule is COC(=O)Cn1cc(C=C2C(=O)NC(=O)N(c3cccc(F)c3)C2=O)c2ccccc21. The second-order valence-electron chi connectivity index (χ2n) is 6.74. The largest absolute Gasteiger partial charge is 0.468 e. The van der Waals surface area contributed by atoms with Crippen molar-refractivity contribution in [3.8, 4) is 0 Å². The van der Waals surface area contributed by atoms with Gasteiger partial charge in [-0.25, -0.2) is 14.1 Å². The third kappa shape index (κ3) is 3.68. The number of rotatable bonds is 4. The molecule has 0 saturated carbocycles. The van der Waals surface area contributed by atoms with E-state index in [1.165, 1.54) is 31.4 Å². The second-order valence-corrected chi connectivity index (χ2v) is 6.74. The summed E-state index contributed by atoms with van der Waals surface area (Å²) in [7, 11) is 1.28. The number of anilines is 1. The van der Waals surface area contributed by atoms with Crippen LogP contribution in [0.3, 0.4) is 0 Å². The maximum atomic E-state index is 13.6. The van der Waals surface area contributed by atoms with Gasteiger partial charge in [0.1, 0.15) is 17.9 Å². The van der Waals surface area contributed by atoms with Crippen LogP contribution in [0.2, 0.25) is 0 Å². The van der Waals surface area contributed by atoms with Gasteiger partial charge in [-0.05, 0) is 30.3 Å². The number of nitrogens with zero attached hydrogens (tertiary/aromatic N) is 2. The van der Waals surface area contributed by atoms with E-state index in [-0.39, 0.29) is 17.8 Å². The minimum absolute atomic E-state index is 0.00554. The summed E-state index contributed by atoms with van der Waals surface area (Å²) in [4.78, 5) is 50.1. The van der Waals surface area contributed by atoms with E-state index in [9.17, 15) is 23.6 Å². The standard InChI is InChI=1S/C22H16FN3O5/c1-31-19(27)12-25-11-13(16-7-2-3-8-18(16)25)9-17-20(28)24-22(30)26(21(17)29)15-6-4-5-14(23)10-15/h2-11H,12H2,1H3,(H,24,28,30). The molecule has 3 aromatic rings. The van der Waals surface area contributed by atoms with E-state index in [1.807, 2.05) is 0 Å². The molecule has 1 aliphatic rings. The zero-order valence-corrected chi connectivity index (χ0v) is 16.3. The third-order valence-corrected chi connectivity index (χ3v) is 4.81. The number of fused-ring (bicyclic) bond motifs is 1. The topological polar surface area (TPSA) is 97.7 Å². The van der Waals surface area contributed by atoms with E-state index in [4.69, 9.17) is 4.74 Å². The fraction of sp³-hybridized carbons (Fsp3) is 0.0909. The van der Waals surface area contributed by atoms with Crippen LogP contribution in [0, 0.1) is 5.82 Å². The Hall–Kier alpha value is -4.27. The van der Waals surface area contributed by atoms with Gasteiger partial charge < -0.3 is 9.30 Å². The lowest BCUT2D eigenvalue weighted by Crippen LogP contribution is -2.54. The highest BCUT2D eigenvalue weighted by Crippen LogP contribution is 2.27. The van der Waals surface area contributed by atoms with Crippen LogP contribution in [0.25, 0.3) is 17.0 Å².